The lowest BCUT2D eigenvalue weighted by Crippen LogP contribution is -2.41. The summed E-state index contributed by atoms with van der Waals surface area (Å²) in [7, 11) is 0. The molecule has 1 amide bonds. The Morgan fingerprint density at radius 1 is 1.19 bits per heavy atom. The fraction of sp³-hybridized carbons (Fsp3) is 0.500. The van der Waals surface area contributed by atoms with E-state index in [1.807, 2.05) is 21.7 Å². The molecule has 0 atom stereocenters. The minimum atomic E-state index is 0.00654. The Bertz CT molecular complexity index is 979. The molecule has 0 aliphatic rings. The molecule has 4 heteroatoms. The Balaban J connectivity index is 2.50. The van der Waals surface area contributed by atoms with Crippen molar-refractivity contribution in [2.75, 3.05) is 13.1 Å². The normalized spacial score (nSPS) is 12.3. The van der Waals surface area contributed by atoms with Gasteiger partial charge in [0.25, 0.3) is 5.91 Å². The number of hydrogen-bond donors (Lipinski definition) is 0. The molecule has 1 aromatic carbocycles. The summed E-state index contributed by atoms with van der Waals surface area (Å²) >= 11 is 0. The second-order valence-electron chi connectivity index (χ2n) is 9.74. The van der Waals surface area contributed by atoms with E-state index in [4.69, 9.17) is 5.10 Å². The minimum Gasteiger partial charge on any atom is -0.337 e. The molecular formula is C28H41N3O. The smallest absolute Gasteiger partial charge is 0.274 e. The van der Waals surface area contributed by atoms with Crippen LogP contribution in [-0.4, -0.2) is 33.7 Å². The van der Waals surface area contributed by atoms with Crippen LogP contribution in [-0.2, 0) is 6.42 Å². The number of aromatic nitrogens is 2. The van der Waals surface area contributed by atoms with Gasteiger partial charge in [-0.3, -0.25) is 4.79 Å². The number of aryl methyl sites for hydroxylation is 3. The van der Waals surface area contributed by atoms with Crippen molar-refractivity contribution in [2.24, 2.45) is 11.3 Å². The monoisotopic (exact) mass is 435 g/mol. The number of benzene rings is 1. The second kappa shape index (κ2) is 10.8. The van der Waals surface area contributed by atoms with Crippen molar-refractivity contribution >= 4 is 11.6 Å². The van der Waals surface area contributed by atoms with Gasteiger partial charge in [-0.2, -0.15) is 5.10 Å². The average molecular weight is 436 g/mol. The highest BCUT2D eigenvalue weighted by Gasteiger charge is 2.29. The van der Waals surface area contributed by atoms with E-state index in [1.54, 1.807) is 6.08 Å². The van der Waals surface area contributed by atoms with Gasteiger partial charge in [0.2, 0.25) is 0 Å². The molecule has 0 fully saturated rings. The third kappa shape index (κ3) is 5.79. The van der Waals surface area contributed by atoms with E-state index in [0.717, 1.165) is 42.9 Å². The van der Waals surface area contributed by atoms with E-state index < -0.39 is 0 Å². The largest absolute Gasteiger partial charge is 0.337 e. The van der Waals surface area contributed by atoms with Gasteiger partial charge in [-0.05, 0) is 67.4 Å². The molecule has 32 heavy (non-hydrogen) atoms. The van der Waals surface area contributed by atoms with Crippen LogP contribution in [0.25, 0.3) is 5.70 Å². The number of rotatable bonds is 10. The van der Waals surface area contributed by atoms with Gasteiger partial charge in [-0.15, -0.1) is 0 Å². The van der Waals surface area contributed by atoms with E-state index in [2.05, 4.69) is 80.2 Å². The molecule has 1 aromatic heterocycles. The van der Waals surface area contributed by atoms with E-state index in [1.165, 1.54) is 11.1 Å². The van der Waals surface area contributed by atoms with Crippen LogP contribution in [0.1, 0.15) is 80.8 Å². The summed E-state index contributed by atoms with van der Waals surface area (Å²) in [6, 6.07) is 8.35. The first-order valence-electron chi connectivity index (χ1n) is 11.8. The summed E-state index contributed by atoms with van der Waals surface area (Å²) in [6.45, 7) is 22.7. The molecular weight excluding hydrogens is 394 g/mol. The lowest BCUT2D eigenvalue weighted by atomic mass is 9.80. The van der Waals surface area contributed by atoms with Crippen molar-refractivity contribution in [3.63, 3.8) is 0 Å². The molecule has 174 valence electrons. The van der Waals surface area contributed by atoms with Gasteiger partial charge in [0.1, 0.15) is 0 Å². The predicted molar refractivity (Wildman–Crippen MR) is 136 cm³/mol. The Labute approximate surface area is 195 Å². The van der Waals surface area contributed by atoms with Gasteiger partial charge in [0.05, 0.1) is 5.70 Å². The highest BCUT2D eigenvalue weighted by Crippen LogP contribution is 2.28. The predicted octanol–water partition coefficient (Wildman–Crippen LogP) is 6.67. The number of carbonyl (C=O) groups excluding carboxylic acids is 1. The van der Waals surface area contributed by atoms with Crippen LogP contribution in [0.2, 0.25) is 0 Å². The Kier molecular flexibility index (Phi) is 8.65. The summed E-state index contributed by atoms with van der Waals surface area (Å²) in [4.78, 5) is 15.5. The number of amides is 1. The van der Waals surface area contributed by atoms with Crippen molar-refractivity contribution < 1.29 is 4.79 Å². The molecule has 0 saturated carbocycles. The average Bonchev–Trinajstić information content (AvgIpc) is 3.17. The van der Waals surface area contributed by atoms with E-state index in [9.17, 15) is 4.79 Å². The second-order valence-corrected chi connectivity index (χ2v) is 9.74. The maximum Gasteiger partial charge on any atom is 0.274 e. The summed E-state index contributed by atoms with van der Waals surface area (Å²) in [5.74, 6) is 0.484. The van der Waals surface area contributed by atoms with Crippen molar-refractivity contribution in [1.82, 2.24) is 14.7 Å². The third-order valence-corrected chi connectivity index (χ3v) is 6.61. The first-order chi connectivity index (χ1) is 15.0. The van der Waals surface area contributed by atoms with Crippen LogP contribution in [0.3, 0.4) is 0 Å². The fourth-order valence-electron chi connectivity index (χ4n) is 3.65. The number of hydrogen-bond acceptors (Lipinski definition) is 2. The van der Waals surface area contributed by atoms with Gasteiger partial charge >= 0.3 is 0 Å². The van der Waals surface area contributed by atoms with Gasteiger partial charge in [-0.1, -0.05) is 66.3 Å². The Hall–Kier alpha value is -2.62. The molecule has 0 radical (unpaired) electrons. The molecule has 0 N–H and O–H groups in total. The Morgan fingerprint density at radius 2 is 1.88 bits per heavy atom. The zero-order valence-electron chi connectivity index (χ0n) is 21.3. The zero-order valence-corrected chi connectivity index (χ0v) is 21.3. The summed E-state index contributed by atoms with van der Waals surface area (Å²) in [5.41, 5.74) is 6.03. The molecule has 2 aromatic rings. The van der Waals surface area contributed by atoms with Crippen molar-refractivity contribution in [3.05, 3.63) is 71.1 Å². The lowest BCUT2D eigenvalue weighted by Gasteiger charge is -2.35. The van der Waals surface area contributed by atoms with Crippen LogP contribution in [0, 0.1) is 25.2 Å². The molecule has 0 aliphatic carbocycles. The Morgan fingerprint density at radius 3 is 2.41 bits per heavy atom. The van der Waals surface area contributed by atoms with Crippen LogP contribution in [0.15, 0.2) is 43.0 Å². The van der Waals surface area contributed by atoms with E-state index in [0.29, 0.717) is 11.6 Å². The quantitative estimate of drug-likeness (QED) is 0.391. The number of nitrogens with zero attached hydrogens (tertiary/aromatic N) is 3. The first kappa shape index (κ1) is 25.6. The van der Waals surface area contributed by atoms with Gasteiger partial charge in [0, 0.05) is 24.3 Å². The van der Waals surface area contributed by atoms with Crippen LogP contribution in [0.4, 0.5) is 0 Å². The highest BCUT2D eigenvalue weighted by atomic mass is 16.2. The SMILES string of the molecule is C=C/C=C(/c1ccc(C)c(C)c1)n1nc(C(=O)N(CCC)CC(C)(C)C(C)C)cc1CC. The highest BCUT2D eigenvalue weighted by molar-refractivity contribution is 5.92. The van der Waals surface area contributed by atoms with E-state index >= 15 is 0 Å². The summed E-state index contributed by atoms with van der Waals surface area (Å²) < 4.78 is 1.91. The first-order valence-corrected chi connectivity index (χ1v) is 11.8. The molecule has 1 heterocycles. The standard InChI is InChI=1S/C28H41N3O/c1-10-13-26(23-15-14-21(6)22(7)17-23)31-24(12-3)18-25(29-31)27(32)30(16-11-2)19-28(8,9)20(4)5/h10,13-15,17-18,20H,1,11-12,16,19H2,2-9H3/b26-13-. The maximum atomic E-state index is 13.5. The molecule has 0 saturated heterocycles. The van der Waals surface area contributed by atoms with Gasteiger partial charge in [0.15, 0.2) is 5.69 Å². The number of allylic oxidation sites excluding steroid dienone is 2. The van der Waals surface area contributed by atoms with Crippen molar-refractivity contribution in [2.45, 2.75) is 68.2 Å². The zero-order chi connectivity index (χ0) is 24.1. The lowest BCUT2D eigenvalue weighted by molar-refractivity contribution is 0.0631. The van der Waals surface area contributed by atoms with Crippen molar-refractivity contribution in [3.8, 4) is 0 Å². The molecule has 0 aliphatic heterocycles. The maximum absolute atomic E-state index is 13.5. The fourth-order valence-corrected chi connectivity index (χ4v) is 3.65. The van der Waals surface area contributed by atoms with Gasteiger partial charge < -0.3 is 4.90 Å². The summed E-state index contributed by atoms with van der Waals surface area (Å²) in [6.07, 6.45) is 5.45. The number of carbonyl (C=O) groups is 1. The van der Waals surface area contributed by atoms with Crippen LogP contribution in [0.5, 0.6) is 0 Å². The van der Waals surface area contributed by atoms with Gasteiger partial charge in [-0.25, -0.2) is 4.68 Å². The summed E-state index contributed by atoms with van der Waals surface area (Å²) in [5, 5.41) is 4.82. The molecule has 0 bridgehead atoms. The topological polar surface area (TPSA) is 38.1 Å². The molecule has 0 spiro atoms. The minimum absolute atomic E-state index is 0.00654. The van der Waals surface area contributed by atoms with Crippen LogP contribution < -0.4 is 0 Å². The molecule has 2 rings (SSSR count). The molecule has 4 nitrogen and oxygen atoms in total. The van der Waals surface area contributed by atoms with E-state index in [-0.39, 0.29) is 11.3 Å². The molecule has 0 unspecified atom stereocenters. The van der Waals surface area contributed by atoms with Crippen molar-refractivity contribution in [1.29, 1.82) is 0 Å². The van der Waals surface area contributed by atoms with Crippen LogP contribution >= 0.6 is 0 Å². The third-order valence-electron chi connectivity index (χ3n) is 6.61.